The fourth-order valence-electron chi connectivity index (χ4n) is 3.08. The first kappa shape index (κ1) is 12.7. The van der Waals surface area contributed by atoms with E-state index in [-0.39, 0.29) is 0 Å². The number of hydrogen-bond donors (Lipinski definition) is 0. The number of ether oxygens (including phenoxy) is 2. The van der Waals surface area contributed by atoms with Gasteiger partial charge in [0.15, 0.2) is 0 Å². The zero-order valence-corrected chi connectivity index (χ0v) is 11.1. The molecule has 16 heavy (non-hydrogen) atoms. The van der Waals surface area contributed by atoms with Gasteiger partial charge < -0.3 is 9.47 Å². The molecule has 1 spiro atoms. The third kappa shape index (κ3) is 2.39. The zero-order chi connectivity index (χ0) is 11.6. The lowest BCUT2D eigenvalue weighted by Crippen LogP contribution is -2.54. The lowest BCUT2D eigenvalue weighted by Gasteiger charge is -2.51. The van der Waals surface area contributed by atoms with Crippen LogP contribution in [0.3, 0.4) is 0 Å². The first-order valence-corrected chi connectivity index (χ1v) is 6.96. The lowest BCUT2D eigenvalue weighted by molar-refractivity contribution is -0.118. The topological polar surface area (TPSA) is 18.5 Å². The summed E-state index contributed by atoms with van der Waals surface area (Å²) < 4.78 is 11.4. The summed E-state index contributed by atoms with van der Waals surface area (Å²) in [4.78, 5) is 0. The third-order valence-electron chi connectivity index (χ3n) is 4.07. The van der Waals surface area contributed by atoms with Crippen molar-refractivity contribution in [2.45, 2.75) is 63.5 Å². The molecular formula is C13H23ClO2. The summed E-state index contributed by atoms with van der Waals surface area (Å²) in [6, 6.07) is 0. The van der Waals surface area contributed by atoms with E-state index in [0.29, 0.717) is 36.2 Å². The lowest BCUT2D eigenvalue weighted by atomic mass is 9.64. The van der Waals surface area contributed by atoms with Gasteiger partial charge in [0.25, 0.3) is 0 Å². The largest absolute Gasteiger partial charge is 0.376 e. The van der Waals surface area contributed by atoms with Crippen LogP contribution in [0.25, 0.3) is 0 Å². The molecule has 0 amide bonds. The molecule has 3 heteroatoms. The van der Waals surface area contributed by atoms with E-state index < -0.39 is 0 Å². The molecule has 0 heterocycles. The van der Waals surface area contributed by atoms with E-state index >= 15 is 0 Å². The molecule has 2 saturated carbocycles. The molecule has 2 nitrogen and oxygen atoms in total. The Morgan fingerprint density at radius 2 is 1.94 bits per heavy atom. The molecule has 0 radical (unpaired) electrons. The van der Waals surface area contributed by atoms with Crippen molar-refractivity contribution in [1.82, 2.24) is 0 Å². The van der Waals surface area contributed by atoms with E-state index in [1.54, 1.807) is 0 Å². The molecule has 2 aliphatic rings. The van der Waals surface area contributed by atoms with Gasteiger partial charge in [-0.05, 0) is 33.1 Å². The monoisotopic (exact) mass is 246 g/mol. The van der Waals surface area contributed by atoms with Crippen LogP contribution >= 0.6 is 11.6 Å². The molecule has 2 fully saturated rings. The van der Waals surface area contributed by atoms with Crippen molar-refractivity contribution in [2.75, 3.05) is 13.2 Å². The molecule has 2 aliphatic carbocycles. The van der Waals surface area contributed by atoms with Crippen LogP contribution in [0.1, 0.15) is 46.0 Å². The Bertz CT molecular complexity index is 224. The minimum atomic E-state index is 0.297. The summed E-state index contributed by atoms with van der Waals surface area (Å²) in [5, 5.41) is 0.353. The Morgan fingerprint density at radius 1 is 1.25 bits per heavy atom. The molecule has 94 valence electrons. The molecule has 2 unspecified atom stereocenters. The molecule has 0 aliphatic heterocycles. The Hall–Kier alpha value is 0.210. The highest BCUT2D eigenvalue weighted by molar-refractivity contribution is 6.21. The third-order valence-corrected chi connectivity index (χ3v) is 4.69. The van der Waals surface area contributed by atoms with E-state index in [0.717, 1.165) is 6.42 Å². The molecule has 2 rings (SSSR count). The minimum absolute atomic E-state index is 0.297. The van der Waals surface area contributed by atoms with Crippen LogP contribution in [0, 0.1) is 5.41 Å². The fraction of sp³-hybridized carbons (Fsp3) is 1.00. The van der Waals surface area contributed by atoms with Crippen LogP contribution in [0.4, 0.5) is 0 Å². The molecule has 0 aromatic heterocycles. The maximum atomic E-state index is 6.36. The Kier molecular flexibility index (Phi) is 4.15. The van der Waals surface area contributed by atoms with Gasteiger partial charge in [0.2, 0.25) is 0 Å². The highest BCUT2D eigenvalue weighted by atomic mass is 35.5. The second-order valence-electron chi connectivity index (χ2n) is 5.42. The fourth-order valence-corrected chi connectivity index (χ4v) is 3.60. The van der Waals surface area contributed by atoms with Gasteiger partial charge in [-0.25, -0.2) is 0 Å². The van der Waals surface area contributed by atoms with E-state index in [2.05, 4.69) is 13.8 Å². The molecule has 2 atom stereocenters. The summed E-state index contributed by atoms with van der Waals surface area (Å²) in [5.74, 6) is 0. The van der Waals surface area contributed by atoms with Crippen LogP contribution in [-0.4, -0.2) is 30.8 Å². The molecule has 0 aromatic rings. The second-order valence-corrected chi connectivity index (χ2v) is 5.95. The maximum Gasteiger partial charge on any atom is 0.0704 e. The van der Waals surface area contributed by atoms with Gasteiger partial charge in [0.05, 0.1) is 25.4 Å². The van der Waals surface area contributed by atoms with Crippen LogP contribution < -0.4 is 0 Å². The average molecular weight is 247 g/mol. The Labute approximate surface area is 104 Å². The van der Waals surface area contributed by atoms with Crippen molar-refractivity contribution >= 4 is 11.6 Å². The molecular weight excluding hydrogens is 224 g/mol. The van der Waals surface area contributed by atoms with Gasteiger partial charge in [-0.15, -0.1) is 11.6 Å². The van der Waals surface area contributed by atoms with E-state index in [9.17, 15) is 0 Å². The molecule has 0 N–H and O–H groups in total. The predicted molar refractivity (Wildman–Crippen MR) is 66.0 cm³/mol. The van der Waals surface area contributed by atoms with E-state index in [4.69, 9.17) is 21.1 Å². The number of hydrogen-bond acceptors (Lipinski definition) is 2. The zero-order valence-electron chi connectivity index (χ0n) is 10.4. The van der Waals surface area contributed by atoms with Gasteiger partial charge in [-0.3, -0.25) is 0 Å². The first-order valence-electron chi connectivity index (χ1n) is 6.52. The van der Waals surface area contributed by atoms with Gasteiger partial charge in [-0.2, -0.15) is 0 Å². The molecule has 0 bridgehead atoms. The van der Waals surface area contributed by atoms with Crippen LogP contribution in [-0.2, 0) is 9.47 Å². The summed E-state index contributed by atoms with van der Waals surface area (Å²) >= 11 is 6.36. The number of halogens is 1. The molecule has 0 aromatic carbocycles. The van der Waals surface area contributed by atoms with Crippen molar-refractivity contribution in [3.63, 3.8) is 0 Å². The van der Waals surface area contributed by atoms with E-state index in [1.807, 2.05) is 0 Å². The van der Waals surface area contributed by atoms with Crippen LogP contribution in [0.5, 0.6) is 0 Å². The normalized spacial score (nSPS) is 32.2. The summed E-state index contributed by atoms with van der Waals surface area (Å²) in [7, 11) is 0. The summed E-state index contributed by atoms with van der Waals surface area (Å²) in [6.45, 7) is 5.53. The van der Waals surface area contributed by atoms with Crippen LogP contribution in [0.2, 0.25) is 0 Å². The van der Waals surface area contributed by atoms with Crippen molar-refractivity contribution < 1.29 is 9.47 Å². The summed E-state index contributed by atoms with van der Waals surface area (Å²) in [5.41, 5.74) is 0.319. The van der Waals surface area contributed by atoms with Gasteiger partial charge in [0.1, 0.15) is 0 Å². The minimum Gasteiger partial charge on any atom is -0.376 e. The van der Waals surface area contributed by atoms with Crippen molar-refractivity contribution in [3.8, 4) is 0 Å². The second kappa shape index (κ2) is 5.24. The summed E-state index contributed by atoms with van der Waals surface area (Å²) in [6.07, 6.45) is 6.90. The average Bonchev–Trinajstić information content (AvgIpc) is 2.73. The van der Waals surface area contributed by atoms with Gasteiger partial charge in [0, 0.05) is 10.8 Å². The van der Waals surface area contributed by atoms with Gasteiger partial charge in [-0.1, -0.05) is 12.8 Å². The Balaban J connectivity index is 1.70. The maximum absolute atomic E-state index is 6.36. The highest BCUT2D eigenvalue weighted by Gasteiger charge is 2.55. The molecule has 0 saturated heterocycles. The predicted octanol–water partition coefficient (Wildman–Crippen LogP) is 3.37. The van der Waals surface area contributed by atoms with Crippen LogP contribution in [0.15, 0.2) is 0 Å². The Morgan fingerprint density at radius 3 is 2.50 bits per heavy atom. The van der Waals surface area contributed by atoms with Crippen molar-refractivity contribution in [1.29, 1.82) is 0 Å². The quantitative estimate of drug-likeness (QED) is 0.547. The standard InChI is InChI=1S/C13H23ClO2/c1-10(2)15-7-8-16-12-9-11(14)13(12)5-3-4-6-13/h10-12H,3-9H2,1-2H3. The van der Waals surface area contributed by atoms with Crippen molar-refractivity contribution in [2.24, 2.45) is 5.41 Å². The van der Waals surface area contributed by atoms with Crippen molar-refractivity contribution in [3.05, 3.63) is 0 Å². The van der Waals surface area contributed by atoms with E-state index in [1.165, 1.54) is 25.7 Å². The highest BCUT2D eigenvalue weighted by Crippen LogP contribution is 2.57. The SMILES string of the molecule is CC(C)OCCOC1CC(Cl)C12CCCC2. The number of rotatable bonds is 5. The first-order chi connectivity index (χ1) is 7.65. The van der Waals surface area contributed by atoms with Gasteiger partial charge >= 0.3 is 0 Å². The number of alkyl halides is 1. The smallest absolute Gasteiger partial charge is 0.0704 e.